The molecule has 1 N–H and O–H groups in total. The summed E-state index contributed by atoms with van der Waals surface area (Å²) in [6.45, 7) is 8.36. The number of nitrogens with one attached hydrogen (secondary N) is 1. The van der Waals surface area contributed by atoms with Gasteiger partial charge in [0.25, 0.3) is 5.87 Å². The summed E-state index contributed by atoms with van der Waals surface area (Å²) in [5.74, 6) is -0.197. The van der Waals surface area contributed by atoms with Crippen molar-refractivity contribution in [3.8, 4) is 0 Å². The Morgan fingerprint density at radius 3 is 2.80 bits per heavy atom. The van der Waals surface area contributed by atoms with Gasteiger partial charge in [0, 0.05) is 12.0 Å². The fourth-order valence-electron chi connectivity index (χ4n) is 3.01. The van der Waals surface area contributed by atoms with E-state index in [-0.39, 0.29) is 11.8 Å². The fourth-order valence-corrected chi connectivity index (χ4v) is 3.26. The van der Waals surface area contributed by atoms with Gasteiger partial charge in [0.1, 0.15) is 12.3 Å². The zero-order valence-corrected chi connectivity index (χ0v) is 16.9. The lowest BCUT2D eigenvalue weighted by atomic mass is 9.68. The van der Waals surface area contributed by atoms with Gasteiger partial charge >= 0.3 is 7.28 Å². The van der Waals surface area contributed by atoms with Gasteiger partial charge in [0.15, 0.2) is 0 Å². The molecule has 5 nitrogen and oxygen atoms in total. The van der Waals surface area contributed by atoms with E-state index in [0.29, 0.717) is 28.9 Å². The molecular formula is C18H32BN3O2S+. The summed E-state index contributed by atoms with van der Waals surface area (Å²) in [4.78, 5) is 12.0. The predicted molar refractivity (Wildman–Crippen MR) is 109 cm³/mol. The first-order valence-corrected chi connectivity index (χ1v) is 9.63. The molecule has 0 saturated carbocycles. The minimum Gasteiger partial charge on any atom is -0.474 e. The Morgan fingerprint density at radius 1 is 1.48 bits per heavy atom. The number of ether oxygens (including phenoxy) is 1. The highest BCUT2D eigenvalue weighted by Crippen LogP contribution is 2.22. The molecule has 0 bridgehead atoms. The SMILES string of the molecule is CCCCOC(=O)[B]C(C)[N+]1(C)CCC=C(/C(=N/S)C(=N)CCC)C1. The van der Waals surface area contributed by atoms with Crippen molar-refractivity contribution >= 4 is 37.4 Å². The number of carbonyl (C=O) groups is 1. The van der Waals surface area contributed by atoms with Crippen LogP contribution in [-0.4, -0.2) is 61.7 Å². The average molecular weight is 365 g/mol. The predicted octanol–water partition coefficient (Wildman–Crippen LogP) is 3.86. The maximum Gasteiger partial charge on any atom is 0.336 e. The first kappa shape index (κ1) is 22.0. The highest BCUT2D eigenvalue weighted by atomic mass is 32.1. The summed E-state index contributed by atoms with van der Waals surface area (Å²) in [5, 5.41) is 8.22. The number of likely N-dealkylation sites (N-methyl/N-ethyl adjacent to an activating group) is 1. The van der Waals surface area contributed by atoms with Gasteiger partial charge in [-0.25, -0.2) is 4.40 Å². The van der Waals surface area contributed by atoms with Crippen LogP contribution in [0, 0.1) is 5.41 Å². The topological polar surface area (TPSA) is 62.5 Å². The van der Waals surface area contributed by atoms with Crippen molar-refractivity contribution in [1.29, 1.82) is 5.41 Å². The maximum absolute atomic E-state index is 12.0. The van der Waals surface area contributed by atoms with Gasteiger partial charge in [-0.05, 0) is 32.6 Å². The summed E-state index contributed by atoms with van der Waals surface area (Å²) in [5.41, 5.74) is 2.28. The van der Waals surface area contributed by atoms with Gasteiger partial charge in [0.05, 0.1) is 31.9 Å². The average Bonchev–Trinajstić information content (AvgIpc) is 2.56. The number of nitrogens with zero attached hydrogens (tertiary/aromatic N) is 2. The molecule has 0 fully saturated rings. The van der Waals surface area contributed by atoms with Crippen molar-refractivity contribution in [3.05, 3.63) is 11.6 Å². The molecule has 0 saturated heterocycles. The van der Waals surface area contributed by atoms with Crippen molar-refractivity contribution < 1.29 is 14.0 Å². The van der Waals surface area contributed by atoms with E-state index >= 15 is 0 Å². The van der Waals surface area contributed by atoms with Crippen molar-refractivity contribution in [2.24, 2.45) is 4.40 Å². The van der Waals surface area contributed by atoms with E-state index in [1.807, 2.05) is 0 Å². The van der Waals surface area contributed by atoms with Crippen LogP contribution < -0.4 is 0 Å². The van der Waals surface area contributed by atoms with Crippen LogP contribution in [0.1, 0.15) is 52.9 Å². The van der Waals surface area contributed by atoms with Crippen molar-refractivity contribution in [1.82, 2.24) is 0 Å². The molecule has 0 spiro atoms. The van der Waals surface area contributed by atoms with E-state index in [0.717, 1.165) is 44.3 Å². The van der Waals surface area contributed by atoms with Crippen LogP contribution in [0.15, 0.2) is 16.0 Å². The molecule has 1 heterocycles. The Kier molecular flexibility index (Phi) is 9.50. The molecule has 7 heteroatoms. The van der Waals surface area contributed by atoms with E-state index < -0.39 is 0 Å². The van der Waals surface area contributed by atoms with Crippen LogP contribution in [0.2, 0.25) is 0 Å². The van der Waals surface area contributed by atoms with E-state index in [1.54, 1.807) is 7.28 Å². The summed E-state index contributed by atoms with van der Waals surface area (Å²) < 4.78 is 10.0. The lowest BCUT2D eigenvalue weighted by molar-refractivity contribution is -0.916. The Morgan fingerprint density at radius 2 is 2.20 bits per heavy atom. The Labute approximate surface area is 158 Å². The summed E-state index contributed by atoms with van der Waals surface area (Å²) in [7, 11) is 3.83. The lowest BCUT2D eigenvalue weighted by Crippen LogP contribution is -2.58. The van der Waals surface area contributed by atoms with Crippen LogP contribution in [0.25, 0.3) is 0 Å². The molecule has 2 atom stereocenters. The number of rotatable bonds is 10. The minimum atomic E-state index is -0.238. The number of quaternary nitrogens is 1. The van der Waals surface area contributed by atoms with E-state index in [2.05, 4.69) is 51.1 Å². The maximum atomic E-state index is 12.0. The van der Waals surface area contributed by atoms with Crippen molar-refractivity contribution in [2.45, 2.75) is 58.8 Å². The highest BCUT2D eigenvalue weighted by Gasteiger charge is 2.36. The van der Waals surface area contributed by atoms with Gasteiger partial charge in [-0.1, -0.05) is 32.8 Å². The Bertz CT molecular complexity index is 536. The molecule has 1 aliphatic rings. The third-order valence-corrected chi connectivity index (χ3v) is 5.05. The standard InChI is InChI=1S/C18H31BN3O2S/c1-5-7-12-24-18(23)19-14(3)22(4)11-8-10-15(13-22)17(21-25)16(20)9-6-2/h10,14H,5-9,11-13H2,1-4H3,(H-,20,25)/p+1. The lowest BCUT2D eigenvalue weighted by Gasteiger charge is -2.42. The molecule has 1 rings (SSSR count). The van der Waals surface area contributed by atoms with Crippen molar-refractivity contribution in [3.63, 3.8) is 0 Å². The van der Waals surface area contributed by atoms with E-state index in [4.69, 9.17) is 10.1 Å². The second-order valence-corrected chi connectivity index (χ2v) is 7.18. The van der Waals surface area contributed by atoms with Crippen LogP contribution in [-0.2, 0) is 4.74 Å². The summed E-state index contributed by atoms with van der Waals surface area (Å²) in [6.07, 6.45) is 6.59. The van der Waals surface area contributed by atoms with Gasteiger partial charge in [-0.15, -0.1) is 0 Å². The molecule has 1 aliphatic heterocycles. The molecule has 0 aliphatic carbocycles. The number of thiol groups is 1. The number of unbranched alkanes of at least 4 members (excludes halogenated alkanes) is 1. The third kappa shape index (κ3) is 6.62. The molecular weight excluding hydrogens is 333 g/mol. The molecule has 139 valence electrons. The Hall–Kier alpha value is -1.08. The molecule has 0 aromatic carbocycles. The third-order valence-electron chi connectivity index (χ3n) is 4.85. The zero-order valence-electron chi connectivity index (χ0n) is 16.0. The highest BCUT2D eigenvalue weighted by molar-refractivity contribution is 7.79. The van der Waals surface area contributed by atoms with Crippen LogP contribution in [0.5, 0.6) is 0 Å². The first-order valence-electron chi connectivity index (χ1n) is 9.23. The monoisotopic (exact) mass is 365 g/mol. The molecule has 1 radical (unpaired) electrons. The van der Waals surface area contributed by atoms with E-state index in [1.165, 1.54) is 0 Å². The fraction of sp³-hybridized carbons (Fsp3) is 0.722. The normalized spacial score (nSPS) is 22.1. The summed E-state index contributed by atoms with van der Waals surface area (Å²) >= 11 is 4.09. The second kappa shape index (κ2) is 10.8. The molecule has 0 aromatic rings. The van der Waals surface area contributed by atoms with Crippen LogP contribution in [0.4, 0.5) is 4.79 Å². The Balaban J connectivity index is 2.73. The first-order chi connectivity index (χ1) is 11.9. The zero-order chi connectivity index (χ0) is 18.9. The largest absolute Gasteiger partial charge is 0.474 e. The van der Waals surface area contributed by atoms with Crippen LogP contribution in [0.3, 0.4) is 0 Å². The van der Waals surface area contributed by atoms with Gasteiger partial charge in [0.2, 0.25) is 0 Å². The molecule has 2 unspecified atom stereocenters. The molecule has 0 aromatic heterocycles. The summed E-state index contributed by atoms with van der Waals surface area (Å²) in [6, 6.07) is 0. The van der Waals surface area contributed by atoms with Gasteiger partial charge in [-0.2, -0.15) is 0 Å². The van der Waals surface area contributed by atoms with E-state index in [9.17, 15) is 4.79 Å². The van der Waals surface area contributed by atoms with Gasteiger partial charge in [-0.3, -0.25) is 4.79 Å². The molecule has 0 amide bonds. The van der Waals surface area contributed by atoms with Crippen molar-refractivity contribution in [2.75, 3.05) is 26.7 Å². The second-order valence-electron chi connectivity index (χ2n) is 6.98. The number of hydrogen-bond acceptors (Lipinski definition) is 5. The number of hydrogen-bond donors (Lipinski definition) is 2. The quantitative estimate of drug-likeness (QED) is 0.203. The van der Waals surface area contributed by atoms with Crippen LogP contribution >= 0.6 is 12.8 Å². The number of carbonyl (C=O) groups excluding carboxylic acids is 1. The van der Waals surface area contributed by atoms with Gasteiger partial charge < -0.3 is 14.6 Å². The molecule has 25 heavy (non-hydrogen) atoms. The minimum absolute atomic E-state index is 0.0411. The smallest absolute Gasteiger partial charge is 0.336 e.